The molecular formula is C57H41NO2. The summed E-state index contributed by atoms with van der Waals surface area (Å²) in [6.45, 7) is 4.58. The number of nitrogens with zero attached hydrogens (tertiary/aromatic N) is 1. The molecule has 0 atom stereocenters. The molecule has 0 fully saturated rings. The van der Waals surface area contributed by atoms with Crippen LogP contribution >= 0.6 is 0 Å². The van der Waals surface area contributed by atoms with Crippen LogP contribution in [0.5, 0.6) is 11.5 Å². The molecular weight excluding hydrogens is 731 g/mol. The molecule has 1 aliphatic heterocycles. The Kier molecular flexibility index (Phi) is 8.49. The van der Waals surface area contributed by atoms with Crippen molar-refractivity contribution in [1.29, 1.82) is 0 Å². The van der Waals surface area contributed by atoms with E-state index >= 15 is 0 Å². The Morgan fingerprint density at radius 2 is 0.800 bits per heavy atom. The highest BCUT2D eigenvalue weighted by molar-refractivity contribution is 6.09. The second kappa shape index (κ2) is 14.3. The van der Waals surface area contributed by atoms with E-state index in [0.717, 1.165) is 67.2 Å². The Morgan fingerprint density at radius 1 is 0.367 bits per heavy atom. The molecule has 0 aliphatic carbocycles. The predicted octanol–water partition coefficient (Wildman–Crippen LogP) is 16.2. The molecule has 0 spiro atoms. The fraction of sp³-hybridized carbons (Fsp3) is 0.0526. The summed E-state index contributed by atoms with van der Waals surface area (Å²) >= 11 is 0. The van der Waals surface area contributed by atoms with Crippen molar-refractivity contribution in [1.82, 2.24) is 0 Å². The predicted molar refractivity (Wildman–Crippen MR) is 249 cm³/mol. The molecule has 9 aromatic carbocycles. The Labute approximate surface area is 350 Å². The molecule has 60 heavy (non-hydrogen) atoms. The molecule has 3 heteroatoms. The van der Waals surface area contributed by atoms with Gasteiger partial charge in [0.05, 0.1) is 5.39 Å². The lowest BCUT2D eigenvalue weighted by atomic mass is 9.74. The first-order chi connectivity index (χ1) is 29.5. The van der Waals surface area contributed by atoms with Gasteiger partial charge in [0.2, 0.25) is 0 Å². The third-order valence-electron chi connectivity index (χ3n) is 12.2. The number of ether oxygens (including phenoxy) is 1. The normalized spacial score (nSPS) is 12.8. The maximum atomic E-state index is 6.76. The van der Waals surface area contributed by atoms with Gasteiger partial charge in [0.1, 0.15) is 22.7 Å². The quantitative estimate of drug-likeness (QED) is 0.161. The molecule has 0 bridgehead atoms. The molecule has 1 aromatic heterocycles. The van der Waals surface area contributed by atoms with Gasteiger partial charge in [-0.25, -0.2) is 0 Å². The first kappa shape index (κ1) is 35.5. The van der Waals surface area contributed by atoms with Crippen LogP contribution in [0.3, 0.4) is 0 Å². The van der Waals surface area contributed by atoms with Crippen LogP contribution in [0.1, 0.15) is 25.0 Å². The van der Waals surface area contributed by atoms with Gasteiger partial charge in [0.15, 0.2) is 0 Å². The summed E-state index contributed by atoms with van der Waals surface area (Å²) in [7, 11) is 0. The van der Waals surface area contributed by atoms with Crippen molar-refractivity contribution in [2.24, 2.45) is 0 Å². The van der Waals surface area contributed by atoms with Crippen molar-refractivity contribution in [3.63, 3.8) is 0 Å². The number of hydrogen-bond acceptors (Lipinski definition) is 3. The zero-order valence-corrected chi connectivity index (χ0v) is 33.5. The van der Waals surface area contributed by atoms with Gasteiger partial charge in [-0.2, -0.15) is 0 Å². The number of furan rings is 1. The maximum absolute atomic E-state index is 6.76. The van der Waals surface area contributed by atoms with E-state index in [9.17, 15) is 0 Å². The van der Waals surface area contributed by atoms with Crippen molar-refractivity contribution in [3.05, 3.63) is 223 Å². The third-order valence-corrected chi connectivity index (χ3v) is 12.2. The Bertz CT molecular complexity index is 3150. The van der Waals surface area contributed by atoms with Crippen LogP contribution < -0.4 is 9.64 Å². The molecule has 0 saturated heterocycles. The highest BCUT2D eigenvalue weighted by Gasteiger charge is 2.36. The topological polar surface area (TPSA) is 25.6 Å². The van der Waals surface area contributed by atoms with Crippen LogP contribution in [0.2, 0.25) is 0 Å². The minimum absolute atomic E-state index is 0.287. The van der Waals surface area contributed by atoms with Gasteiger partial charge in [0, 0.05) is 39.0 Å². The molecule has 0 amide bonds. The summed E-state index contributed by atoms with van der Waals surface area (Å²) in [5.74, 6) is 1.77. The third kappa shape index (κ3) is 6.15. The van der Waals surface area contributed by atoms with E-state index < -0.39 is 0 Å². The average molecular weight is 772 g/mol. The van der Waals surface area contributed by atoms with E-state index in [1.165, 1.54) is 38.9 Å². The van der Waals surface area contributed by atoms with E-state index in [2.05, 4.69) is 219 Å². The first-order valence-corrected chi connectivity index (χ1v) is 20.6. The van der Waals surface area contributed by atoms with E-state index in [1.54, 1.807) is 0 Å². The fourth-order valence-corrected chi connectivity index (χ4v) is 8.90. The molecule has 11 rings (SSSR count). The number of rotatable bonds is 7. The largest absolute Gasteiger partial charge is 0.456 e. The zero-order chi connectivity index (χ0) is 40.2. The highest BCUT2D eigenvalue weighted by atomic mass is 16.5. The summed E-state index contributed by atoms with van der Waals surface area (Å²) < 4.78 is 13.0. The Hall–Kier alpha value is -7.62. The standard InChI is InChI=1S/C57H41NO2/c1-57(2)50-34-36-54-55(49-15-9-10-16-52(49)59-54)56(50)60-53-35-27-45(37-51(53)57)44-25-32-48(33-26-44)58(46-28-21-42(22-29-46)39-13-7-4-8-14-39)47-30-23-43(24-31-47)41-19-17-40(18-20-41)38-11-5-3-6-12-38/h3-37H,1-2H3. The minimum atomic E-state index is -0.287. The highest BCUT2D eigenvalue weighted by Crippen LogP contribution is 2.53. The lowest BCUT2D eigenvalue weighted by Gasteiger charge is -2.35. The molecule has 3 nitrogen and oxygen atoms in total. The summed E-state index contributed by atoms with van der Waals surface area (Å²) in [4.78, 5) is 2.34. The second-order valence-electron chi connectivity index (χ2n) is 16.1. The number of hydrogen-bond donors (Lipinski definition) is 0. The number of anilines is 3. The monoisotopic (exact) mass is 771 g/mol. The molecule has 0 N–H and O–H groups in total. The van der Waals surface area contributed by atoms with Crippen LogP contribution in [0.15, 0.2) is 217 Å². The summed E-state index contributed by atoms with van der Waals surface area (Å²) in [6, 6.07) is 75.6. The Balaban J connectivity index is 0.924. The average Bonchev–Trinajstić information content (AvgIpc) is 3.70. The van der Waals surface area contributed by atoms with Crippen LogP contribution in [0.25, 0.3) is 66.4 Å². The van der Waals surface area contributed by atoms with Crippen LogP contribution in [-0.4, -0.2) is 0 Å². The van der Waals surface area contributed by atoms with Gasteiger partial charge in [0.25, 0.3) is 0 Å². The molecule has 286 valence electrons. The molecule has 1 aliphatic rings. The number of benzene rings is 9. The summed E-state index contributed by atoms with van der Waals surface area (Å²) in [5.41, 5.74) is 16.5. The fourth-order valence-electron chi connectivity index (χ4n) is 8.90. The van der Waals surface area contributed by atoms with Crippen LogP contribution in [-0.2, 0) is 5.41 Å². The van der Waals surface area contributed by atoms with Crippen molar-refractivity contribution in [2.75, 3.05) is 4.90 Å². The van der Waals surface area contributed by atoms with E-state index in [-0.39, 0.29) is 5.41 Å². The van der Waals surface area contributed by atoms with Crippen molar-refractivity contribution in [3.8, 4) is 56.0 Å². The van der Waals surface area contributed by atoms with Gasteiger partial charge < -0.3 is 14.1 Å². The molecule has 10 aromatic rings. The van der Waals surface area contributed by atoms with Crippen molar-refractivity contribution < 1.29 is 9.15 Å². The van der Waals surface area contributed by atoms with Gasteiger partial charge >= 0.3 is 0 Å². The number of fused-ring (bicyclic) bond motifs is 6. The second-order valence-corrected chi connectivity index (χ2v) is 16.1. The SMILES string of the molecule is CC1(C)c2cc(-c3ccc(N(c4ccc(-c5ccccc5)cc4)c4ccc(-c5ccc(-c6ccccc6)cc5)cc4)cc3)ccc2Oc2c1ccc1oc3ccccc3c21. The molecule has 0 unspecified atom stereocenters. The maximum Gasteiger partial charge on any atom is 0.143 e. The lowest BCUT2D eigenvalue weighted by molar-refractivity contribution is 0.423. The zero-order valence-electron chi connectivity index (χ0n) is 33.5. The van der Waals surface area contributed by atoms with Gasteiger partial charge in [-0.05, 0) is 105 Å². The van der Waals surface area contributed by atoms with Gasteiger partial charge in [-0.15, -0.1) is 0 Å². The summed E-state index contributed by atoms with van der Waals surface area (Å²) in [5, 5.41) is 2.11. The van der Waals surface area contributed by atoms with Crippen LogP contribution in [0.4, 0.5) is 17.1 Å². The van der Waals surface area contributed by atoms with Crippen LogP contribution in [0, 0.1) is 0 Å². The van der Waals surface area contributed by atoms with Gasteiger partial charge in [-0.1, -0.05) is 166 Å². The van der Waals surface area contributed by atoms with E-state index in [4.69, 9.17) is 9.15 Å². The van der Waals surface area contributed by atoms with E-state index in [1.807, 2.05) is 12.1 Å². The molecule has 0 radical (unpaired) electrons. The smallest absolute Gasteiger partial charge is 0.143 e. The van der Waals surface area contributed by atoms with Crippen molar-refractivity contribution >= 4 is 39.0 Å². The minimum Gasteiger partial charge on any atom is -0.456 e. The van der Waals surface area contributed by atoms with E-state index in [0.29, 0.717) is 0 Å². The van der Waals surface area contributed by atoms with Crippen molar-refractivity contribution in [2.45, 2.75) is 19.3 Å². The number of para-hydroxylation sites is 1. The Morgan fingerprint density at radius 3 is 1.33 bits per heavy atom. The first-order valence-electron chi connectivity index (χ1n) is 20.6. The summed E-state index contributed by atoms with van der Waals surface area (Å²) in [6.07, 6.45) is 0. The van der Waals surface area contributed by atoms with Gasteiger partial charge in [-0.3, -0.25) is 0 Å². The molecule has 2 heterocycles. The lowest BCUT2D eigenvalue weighted by Crippen LogP contribution is -2.24. The molecule has 0 saturated carbocycles.